The second-order valence-corrected chi connectivity index (χ2v) is 17.4. The number of unbranched alkanes of at least 4 members (excludes halogenated alkanes) is 5. The Morgan fingerprint density at radius 3 is 1.37 bits per heavy atom. The van der Waals surface area contributed by atoms with Crippen LogP contribution in [0, 0.1) is 0 Å². The maximum atomic E-state index is 13.1. The van der Waals surface area contributed by atoms with Crippen molar-refractivity contribution in [3.63, 3.8) is 0 Å². The zero-order chi connectivity index (χ0) is 53.3. The fourth-order valence-electron chi connectivity index (χ4n) is 6.94. The number of esters is 3. The summed E-state index contributed by atoms with van der Waals surface area (Å²) < 4.78 is 28.1. The number of aliphatic hydroxyl groups is 2. The van der Waals surface area contributed by atoms with Gasteiger partial charge in [0.25, 0.3) is 0 Å². The summed E-state index contributed by atoms with van der Waals surface area (Å²) in [6, 6.07) is 0. The molecule has 0 spiro atoms. The summed E-state index contributed by atoms with van der Waals surface area (Å²) in [5, 5.41) is 31.3. The summed E-state index contributed by atoms with van der Waals surface area (Å²) in [5.74, 6) is -3.45. The van der Waals surface area contributed by atoms with Crippen molar-refractivity contribution in [2.75, 3.05) is 13.2 Å². The topological polar surface area (TPSA) is 175 Å². The Morgan fingerprint density at radius 1 is 0.466 bits per heavy atom. The summed E-state index contributed by atoms with van der Waals surface area (Å²) in [5.41, 5.74) is 0. The Balaban J connectivity index is 2.84. The summed E-state index contributed by atoms with van der Waals surface area (Å²) in [6.07, 6.45) is 55.9. The van der Waals surface area contributed by atoms with Crippen molar-refractivity contribution in [3.8, 4) is 0 Å². The van der Waals surface area contributed by atoms with Crippen LogP contribution in [-0.2, 0) is 42.9 Å². The van der Waals surface area contributed by atoms with Gasteiger partial charge in [-0.25, -0.2) is 4.79 Å². The van der Waals surface area contributed by atoms with Crippen LogP contribution in [0.25, 0.3) is 0 Å². The highest BCUT2D eigenvalue weighted by Gasteiger charge is 2.50. The van der Waals surface area contributed by atoms with Gasteiger partial charge in [-0.15, -0.1) is 0 Å². The molecule has 1 aliphatic rings. The molecule has 1 rings (SSSR count). The van der Waals surface area contributed by atoms with Crippen LogP contribution in [0.2, 0.25) is 0 Å². The average molecular weight is 1020 g/mol. The molecule has 1 fully saturated rings. The summed E-state index contributed by atoms with van der Waals surface area (Å²) in [4.78, 5) is 50.8. The highest BCUT2D eigenvalue weighted by Crippen LogP contribution is 2.26. The molecule has 0 aromatic carbocycles. The molecule has 0 amide bonds. The molecule has 3 N–H and O–H groups in total. The first-order valence-corrected chi connectivity index (χ1v) is 26.8. The normalized spacial score (nSPS) is 19.5. The van der Waals surface area contributed by atoms with E-state index in [9.17, 15) is 34.5 Å². The van der Waals surface area contributed by atoms with Crippen molar-refractivity contribution < 1.29 is 58.2 Å². The maximum absolute atomic E-state index is 13.1. The number of carboxylic acid groups (broad SMARTS) is 1. The Labute approximate surface area is 438 Å². The van der Waals surface area contributed by atoms with E-state index in [1.165, 1.54) is 0 Å². The van der Waals surface area contributed by atoms with Crippen molar-refractivity contribution in [1.29, 1.82) is 0 Å². The zero-order valence-corrected chi connectivity index (χ0v) is 44.3. The van der Waals surface area contributed by atoms with Crippen LogP contribution < -0.4 is 0 Å². The Kier molecular flexibility index (Phi) is 42.8. The second-order valence-electron chi connectivity index (χ2n) is 17.4. The van der Waals surface area contributed by atoms with E-state index in [1.807, 2.05) is 30.4 Å². The molecule has 6 unspecified atom stereocenters. The van der Waals surface area contributed by atoms with Gasteiger partial charge in [-0.1, -0.05) is 186 Å². The van der Waals surface area contributed by atoms with E-state index in [-0.39, 0.29) is 25.9 Å². The molecule has 0 aromatic heterocycles. The first-order chi connectivity index (χ1) is 35.6. The Hall–Kier alpha value is -5.40. The lowest BCUT2D eigenvalue weighted by Gasteiger charge is -2.40. The standard InChI is InChI=1S/C61H90O12/c1-4-7-10-13-16-19-22-25-27-30-32-35-38-41-44-47-53(62)69-50-52(71-54(63)48-45-42-39-36-33-29-24-21-18-15-12-9-6-3)51-70-61-59(57(66)56(65)58(73-61)60(67)68)72-55(64)49-46-43-40-37-34-31-28-26-23-20-17-14-11-8-5-2/h7-12,16-21,25-29,33-34,37,39,42-43,46,52,56-59,61,65-66H,4-6,13-15,22-24,30-32,35-36,38,40-41,44-45,47-51H2,1-3H3,(H,67,68)/b10-7-,11-8-,12-9-,19-16-,20-17-,21-18-,27-25-,28-26-,33-29-,37-34-,42-39-,46-43-. The van der Waals surface area contributed by atoms with Crippen LogP contribution in [0.5, 0.6) is 0 Å². The van der Waals surface area contributed by atoms with Crippen LogP contribution in [0.1, 0.15) is 162 Å². The Bertz CT molecular complexity index is 1830. The van der Waals surface area contributed by atoms with E-state index < -0.39 is 67.3 Å². The molecule has 0 saturated carbocycles. The van der Waals surface area contributed by atoms with Crippen molar-refractivity contribution in [1.82, 2.24) is 0 Å². The fourth-order valence-corrected chi connectivity index (χ4v) is 6.94. The molecule has 73 heavy (non-hydrogen) atoms. The third kappa shape index (κ3) is 37.9. The first-order valence-electron chi connectivity index (χ1n) is 26.8. The molecule has 1 aliphatic heterocycles. The third-order valence-corrected chi connectivity index (χ3v) is 10.9. The highest BCUT2D eigenvalue weighted by atomic mass is 16.7. The molecule has 0 aromatic rings. The number of carboxylic acids is 1. The number of ether oxygens (including phenoxy) is 5. The fraction of sp³-hybridized carbons (Fsp3) is 0.541. The van der Waals surface area contributed by atoms with E-state index in [1.54, 1.807) is 12.2 Å². The SMILES string of the molecule is CC/C=C\C/C=C\C/C=C\C/C=C\C/C=C\CC(=O)OC1C(OCC(COC(=O)CCCCCCC/C=C\C/C=C\C/C=C\CC)OC(=O)CC/C=C\C/C=C\C/C=C\C/C=C\CC)OC(C(=O)O)C(O)C1O. The van der Waals surface area contributed by atoms with Gasteiger partial charge in [-0.05, 0) is 103 Å². The van der Waals surface area contributed by atoms with Crippen LogP contribution in [0.15, 0.2) is 146 Å². The molecule has 12 heteroatoms. The largest absolute Gasteiger partial charge is 0.479 e. The van der Waals surface area contributed by atoms with Gasteiger partial charge in [0.05, 0.1) is 13.0 Å². The van der Waals surface area contributed by atoms with Crippen LogP contribution in [0.4, 0.5) is 0 Å². The number of carbonyl (C=O) groups excluding carboxylic acids is 3. The molecular formula is C61H90O12. The van der Waals surface area contributed by atoms with Crippen molar-refractivity contribution in [2.45, 2.75) is 199 Å². The first kappa shape index (κ1) is 65.6. The second kappa shape index (κ2) is 47.6. The summed E-state index contributed by atoms with van der Waals surface area (Å²) >= 11 is 0. The lowest BCUT2D eigenvalue weighted by molar-refractivity contribution is -0.301. The summed E-state index contributed by atoms with van der Waals surface area (Å²) in [6.45, 7) is 5.48. The quantitative estimate of drug-likeness (QED) is 0.0229. The van der Waals surface area contributed by atoms with E-state index in [4.69, 9.17) is 23.7 Å². The van der Waals surface area contributed by atoms with Crippen molar-refractivity contribution in [3.05, 3.63) is 146 Å². The molecule has 406 valence electrons. The number of hydrogen-bond donors (Lipinski definition) is 3. The van der Waals surface area contributed by atoms with Crippen LogP contribution >= 0.6 is 0 Å². The molecule has 0 radical (unpaired) electrons. The molecule has 6 atom stereocenters. The number of allylic oxidation sites excluding steroid dienone is 23. The minimum Gasteiger partial charge on any atom is -0.479 e. The van der Waals surface area contributed by atoms with E-state index in [0.29, 0.717) is 25.7 Å². The van der Waals surface area contributed by atoms with E-state index >= 15 is 0 Å². The number of aliphatic hydroxyl groups excluding tert-OH is 2. The van der Waals surface area contributed by atoms with Crippen LogP contribution in [-0.4, -0.2) is 89.2 Å². The van der Waals surface area contributed by atoms with Gasteiger partial charge in [0, 0.05) is 12.8 Å². The highest BCUT2D eigenvalue weighted by molar-refractivity contribution is 5.74. The van der Waals surface area contributed by atoms with Gasteiger partial charge < -0.3 is 39.0 Å². The minimum absolute atomic E-state index is 0.0183. The zero-order valence-electron chi connectivity index (χ0n) is 44.3. The molecule has 0 aliphatic carbocycles. The number of carbonyl (C=O) groups is 4. The lowest BCUT2D eigenvalue weighted by Crippen LogP contribution is -2.61. The Morgan fingerprint density at radius 2 is 0.890 bits per heavy atom. The minimum atomic E-state index is -1.95. The molecular weight excluding hydrogens is 925 g/mol. The van der Waals surface area contributed by atoms with Gasteiger partial charge in [0.2, 0.25) is 0 Å². The smallest absolute Gasteiger partial charge is 0.335 e. The number of hydrogen-bond acceptors (Lipinski definition) is 11. The predicted octanol–water partition coefficient (Wildman–Crippen LogP) is 13.2. The van der Waals surface area contributed by atoms with Gasteiger partial charge in [0.15, 0.2) is 24.6 Å². The van der Waals surface area contributed by atoms with Gasteiger partial charge in [-0.2, -0.15) is 0 Å². The molecule has 1 saturated heterocycles. The third-order valence-electron chi connectivity index (χ3n) is 10.9. The van der Waals surface area contributed by atoms with Crippen molar-refractivity contribution >= 4 is 23.9 Å². The average Bonchev–Trinajstić information content (AvgIpc) is 3.37. The number of rotatable bonds is 42. The lowest BCUT2D eigenvalue weighted by atomic mass is 9.98. The van der Waals surface area contributed by atoms with Crippen molar-refractivity contribution in [2.24, 2.45) is 0 Å². The monoisotopic (exact) mass is 1010 g/mol. The van der Waals surface area contributed by atoms with Gasteiger partial charge >= 0.3 is 23.9 Å². The number of aliphatic carboxylic acids is 1. The molecule has 0 bridgehead atoms. The molecule has 12 nitrogen and oxygen atoms in total. The summed E-state index contributed by atoms with van der Waals surface area (Å²) in [7, 11) is 0. The van der Waals surface area contributed by atoms with Gasteiger partial charge in [0.1, 0.15) is 18.8 Å². The van der Waals surface area contributed by atoms with E-state index in [2.05, 4.69) is 124 Å². The van der Waals surface area contributed by atoms with E-state index in [0.717, 1.165) is 96.3 Å². The predicted molar refractivity (Wildman–Crippen MR) is 293 cm³/mol. The van der Waals surface area contributed by atoms with Gasteiger partial charge in [-0.3, -0.25) is 14.4 Å². The maximum Gasteiger partial charge on any atom is 0.335 e. The van der Waals surface area contributed by atoms with Crippen LogP contribution in [0.3, 0.4) is 0 Å². The molecule has 1 heterocycles.